The Balaban J connectivity index is 2.76. The highest BCUT2D eigenvalue weighted by Gasteiger charge is 2.08. The molecule has 0 radical (unpaired) electrons. The molecule has 0 aliphatic carbocycles. The van der Waals surface area contributed by atoms with Crippen LogP contribution in [0, 0.1) is 0 Å². The van der Waals surface area contributed by atoms with Crippen LogP contribution in [0.1, 0.15) is 10.5 Å². The maximum absolute atomic E-state index is 11.7. The SMILES string of the molecule is O=Cc1cnnn1CC(F)F. The molecule has 0 spiro atoms. The van der Waals surface area contributed by atoms with E-state index in [9.17, 15) is 13.6 Å². The Kier molecular flexibility index (Phi) is 2.25. The quantitative estimate of drug-likeness (QED) is 0.601. The number of hydrogen-bond donors (Lipinski definition) is 0. The van der Waals surface area contributed by atoms with Crippen molar-refractivity contribution in [1.29, 1.82) is 0 Å². The van der Waals surface area contributed by atoms with Crippen molar-refractivity contribution in [2.75, 3.05) is 0 Å². The van der Waals surface area contributed by atoms with Gasteiger partial charge in [0.25, 0.3) is 6.43 Å². The molecule has 0 unspecified atom stereocenters. The third-order valence-electron chi connectivity index (χ3n) is 1.08. The highest BCUT2D eigenvalue weighted by Crippen LogP contribution is 1.98. The molecule has 0 aromatic carbocycles. The first-order valence-corrected chi connectivity index (χ1v) is 2.86. The summed E-state index contributed by atoms with van der Waals surface area (Å²) in [5.74, 6) is 0. The molecule has 0 aliphatic rings. The number of halogens is 2. The Bertz CT molecular complexity index is 248. The minimum absolute atomic E-state index is 0.0605. The molecule has 0 saturated carbocycles. The van der Waals surface area contributed by atoms with Gasteiger partial charge in [0.2, 0.25) is 0 Å². The van der Waals surface area contributed by atoms with E-state index in [1.54, 1.807) is 0 Å². The van der Waals surface area contributed by atoms with Gasteiger partial charge in [0.05, 0.1) is 6.20 Å². The lowest BCUT2D eigenvalue weighted by Crippen LogP contribution is -2.10. The summed E-state index contributed by atoms with van der Waals surface area (Å²) in [6.45, 7) is -0.589. The summed E-state index contributed by atoms with van der Waals surface area (Å²) in [4.78, 5) is 10.1. The minimum atomic E-state index is -2.52. The molecule has 1 heterocycles. The summed E-state index contributed by atoms with van der Waals surface area (Å²) in [7, 11) is 0. The van der Waals surface area contributed by atoms with Crippen molar-refractivity contribution in [1.82, 2.24) is 15.0 Å². The van der Waals surface area contributed by atoms with Crippen molar-refractivity contribution < 1.29 is 13.6 Å². The van der Waals surface area contributed by atoms with Crippen molar-refractivity contribution in [2.45, 2.75) is 13.0 Å². The summed E-state index contributed by atoms with van der Waals surface area (Å²) in [6.07, 6.45) is -0.951. The molecule has 0 saturated heterocycles. The molecule has 0 atom stereocenters. The van der Waals surface area contributed by atoms with Crippen molar-refractivity contribution >= 4 is 6.29 Å². The molecule has 0 N–H and O–H groups in total. The van der Waals surface area contributed by atoms with Gasteiger partial charge in [-0.2, -0.15) is 0 Å². The molecule has 0 fully saturated rings. The standard InChI is InChI=1S/C5H5F2N3O/c6-5(7)2-10-4(3-11)1-8-9-10/h1,3,5H,2H2. The summed E-state index contributed by atoms with van der Waals surface area (Å²) in [5, 5.41) is 6.58. The Morgan fingerprint density at radius 2 is 2.45 bits per heavy atom. The van der Waals surface area contributed by atoms with Gasteiger partial charge in [-0.25, -0.2) is 13.5 Å². The lowest BCUT2D eigenvalue weighted by atomic mass is 10.5. The Morgan fingerprint density at radius 3 is 3.00 bits per heavy atom. The molecule has 0 amide bonds. The van der Waals surface area contributed by atoms with E-state index in [0.29, 0.717) is 6.29 Å². The van der Waals surface area contributed by atoms with Gasteiger partial charge in [0.1, 0.15) is 12.2 Å². The van der Waals surface area contributed by atoms with E-state index >= 15 is 0 Å². The zero-order chi connectivity index (χ0) is 8.27. The highest BCUT2D eigenvalue weighted by atomic mass is 19.3. The first-order chi connectivity index (χ1) is 5.24. The number of carbonyl (C=O) groups is 1. The number of aromatic nitrogens is 3. The van der Waals surface area contributed by atoms with Gasteiger partial charge in [0, 0.05) is 0 Å². The molecular weight excluding hydrogens is 156 g/mol. The first-order valence-electron chi connectivity index (χ1n) is 2.86. The molecule has 1 aromatic rings. The van der Waals surface area contributed by atoms with Crippen LogP contribution in [0.25, 0.3) is 0 Å². The molecule has 0 bridgehead atoms. The molecule has 0 aliphatic heterocycles. The monoisotopic (exact) mass is 161 g/mol. The summed E-state index contributed by atoms with van der Waals surface area (Å²) in [6, 6.07) is 0. The molecule has 1 rings (SSSR count). The Labute approximate surface area is 60.8 Å². The molecule has 11 heavy (non-hydrogen) atoms. The van der Waals surface area contributed by atoms with Gasteiger partial charge in [0.15, 0.2) is 6.29 Å². The van der Waals surface area contributed by atoms with E-state index in [4.69, 9.17) is 0 Å². The van der Waals surface area contributed by atoms with Gasteiger partial charge in [-0.3, -0.25) is 4.79 Å². The molecule has 1 aromatic heterocycles. The van der Waals surface area contributed by atoms with E-state index in [1.807, 2.05) is 0 Å². The highest BCUT2D eigenvalue weighted by molar-refractivity contribution is 5.71. The predicted octanol–water partition coefficient (Wildman–Crippen LogP) is 0.356. The minimum Gasteiger partial charge on any atom is -0.296 e. The fourth-order valence-corrected chi connectivity index (χ4v) is 0.630. The van der Waals surface area contributed by atoms with Crippen LogP contribution in [0.15, 0.2) is 6.20 Å². The smallest absolute Gasteiger partial charge is 0.258 e. The number of nitrogens with zero attached hydrogens (tertiary/aromatic N) is 3. The van der Waals surface area contributed by atoms with Crippen LogP contribution >= 0.6 is 0 Å². The van der Waals surface area contributed by atoms with Crippen molar-refractivity contribution in [2.24, 2.45) is 0 Å². The van der Waals surface area contributed by atoms with Gasteiger partial charge in [-0.05, 0) is 0 Å². The fraction of sp³-hybridized carbons (Fsp3) is 0.400. The molecular formula is C5H5F2N3O. The normalized spacial score (nSPS) is 10.5. The average Bonchev–Trinajstić information content (AvgIpc) is 2.34. The van der Waals surface area contributed by atoms with Gasteiger partial charge in [-0.15, -0.1) is 5.10 Å². The van der Waals surface area contributed by atoms with E-state index in [-0.39, 0.29) is 5.69 Å². The number of rotatable bonds is 3. The van der Waals surface area contributed by atoms with Crippen LogP contribution in [0.5, 0.6) is 0 Å². The lowest BCUT2D eigenvalue weighted by molar-refractivity contribution is 0.107. The molecule has 6 heteroatoms. The van der Waals surface area contributed by atoms with E-state index in [0.717, 1.165) is 10.9 Å². The predicted molar refractivity (Wildman–Crippen MR) is 31.4 cm³/mol. The van der Waals surface area contributed by atoms with E-state index < -0.39 is 13.0 Å². The summed E-state index contributed by atoms with van der Waals surface area (Å²) < 4.78 is 24.3. The van der Waals surface area contributed by atoms with Crippen LogP contribution in [0.2, 0.25) is 0 Å². The fourth-order valence-electron chi connectivity index (χ4n) is 0.630. The number of aldehydes is 1. The number of carbonyl (C=O) groups excluding carboxylic acids is 1. The maximum atomic E-state index is 11.7. The second-order valence-electron chi connectivity index (χ2n) is 1.85. The van der Waals surface area contributed by atoms with E-state index in [2.05, 4.69) is 10.3 Å². The first kappa shape index (κ1) is 7.77. The largest absolute Gasteiger partial charge is 0.296 e. The van der Waals surface area contributed by atoms with Gasteiger partial charge < -0.3 is 0 Å². The van der Waals surface area contributed by atoms with E-state index in [1.165, 1.54) is 0 Å². The van der Waals surface area contributed by atoms with Crippen LogP contribution in [0.4, 0.5) is 8.78 Å². The van der Waals surface area contributed by atoms with Gasteiger partial charge >= 0.3 is 0 Å². The van der Waals surface area contributed by atoms with Crippen LogP contribution < -0.4 is 0 Å². The van der Waals surface area contributed by atoms with Crippen molar-refractivity contribution in [3.63, 3.8) is 0 Å². The third kappa shape index (κ3) is 1.79. The summed E-state index contributed by atoms with van der Waals surface area (Å²) >= 11 is 0. The third-order valence-corrected chi connectivity index (χ3v) is 1.08. The Hall–Kier alpha value is -1.33. The zero-order valence-electron chi connectivity index (χ0n) is 5.44. The number of alkyl halides is 2. The van der Waals surface area contributed by atoms with Crippen LogP contribution in [0.3, 0.4) is 0 Å². The lowest BCUT2D eigenvalue weighted by Gasteiger charge is -1.98. The number of hydrogen-bond acceptors (Lipinski definition) is 3. The van der Waals surface area contributed by atoms with Crippen LogP contribution in [-0.2, 0) is 6.54 Å². The molecule has 4 nitrogen and oxygen atoms in total. The zero-order valence-corrected chi connectivity index (χ0v) is 5.44. The second-order valence-corrected chi connectivity index (χ2v) is 1.85. The van der Waals surface area contributed by atoms with Gasteiger partial charge in [-0.1, -0.05) is 5.21 Å². The van der Waals surface area contributed by atoms with Crippen molar-refractivity contribution in [3.05, 3.63) is 11.9 Å². The van der Waals surface area contributed by atoms with Crippen molar-refractivity contribution in [3.8, 4) is 0 Å². The second kappa shape index (κ2) is 3.18. The van der Waals surface area contributed by atoms with Crippen LogP contribution in [-0.4, -0.2) is 27.7 Å². The maximum Gasteiger partial charge on any atom is 0.258 e. The summed E-state index contributed by atoms with van der Waals surface area (Å²) in [5.41, 5.74) is 0.0605. The molecule has 60 valence electrons. The Morgan fingerprint density at radius 1 is 1.73 bits per heavy atom. The average molecular weight is 161 g/mol. The topological polar surface area (TPSA) is 47.8 Å².